The van der Waals surface area contributed by atoms with Gasteiger partial charge >= 0.3 is 6.09 Å². The first kappa shape index (κ1) is 17.4. The summed E-state index contributed by atoms with van der Waals surface area (Å²) in [5.74, 6) is 0.842. The summed E-state index contributed by atoms with van der Waals surface area (Å²) in [6.45, 7) is 8.02. The second-order valence-electron chi connectivity index (χ2n) is 6.25. The van der Waals surface area contributed by atoms with Crippen LogP contribution in [0.15, 0.2) is 18.2 Å². The van der Waals surface area contributed by atoms with Crippen molar-refractivity contribution in [2.24, 2.45) is 0 Å². The van der Waals surface area contributed by atoms with Crippen molar-refractivity contribution in [3.8, 4) is 11.5 Å². The third kappa shape index (κ3) is 4.51. The molecule has 1 aliphatic rings. The lowest BCUT2D eigenvalue weighted by atomic mass is 10.2. The van der Waals surface area contributed by atoms with E-state index in [4.69, 9.17) is 9.47 Å². The lowest BCUT2D eigenvalue weighted by Crippen LogP contribution is -2.56. The van der Waals surface area contributed by atoms with Gasteiger partial charge in [0, 0.05) is 25.2 Å². The Morgan fingerprint density at radius 3 is 2.83 bits per heavy atom. The predicted molar refractivity (Wildman–Crippen MR) is 87.9 cm³/mol. The van der Waals surface area contributed by atoms with Crippen molar-refractivity contribution in [3.63, 3.8) is 0 Å². The molecule has 128 valence electrons. The maximum atomic E-state index is 12.2. The summed E-state index contributed by atoms with van der Waals surface area (Å²) in [7, 11) is 2.03. The average Bonchev–Trinajstić information content (AvgIpc) is 2.48. The van der Waals surface area contributed by atoms with E-state index in [0.717, 1.165) is 13.1 Å². The lowest BCUT2D eigenvalue weighted by molar-refractivity contribution is 0.0245. The number of rotatable bonds is 4. The summed E-state index contributed by atoms with van der Waals surface area (Å²) in [5, 5.41) is 9.75. The van der Waals surface area contributed by atoms with Crippen molar-refractivity contribution in [1.82, 2.24) is 9.80 Å². The number of ether oxygens (including phenoxy) is 2. The molecule has 0 aliphatic carbocycles. The van der Waals surface area contributed by atoms with Crippen LogP contribution in [0.3, 0.4) is 0 Å². The third-order valence-corrected chi connectivity index (χ3v) is 3.94. The molecule has 0 spiro atoms. The highest BCUT2D eigenvalue weighted by atomic mass is 16.6. The predicted octanol–water partition coefficient (Wildman–Crippen LogP) is 2.24. The molecule has 0 radical (unpaired) electrons. The molecule has 0 saturated carbocycles. The number of nitrogens with zero attached hydrogens (tertiary/aromatic N) is 2. The van der Waals surface area contributed by atoms with Crippen LogP contribution in [0.5, 0.6) is 11.5 Å². The Morgan fingerprint density at radius 2 is 2.13 bits per heavy atom. The molecule has 0 aromatic heterocycles. The van der Waals surface area contributed by atoms with Crippen molar-refractivity contribution >= 4 is 6.09 Å². The fourth-order valence-corrected chi connectivity index (χ4v) is 2.61. The smallest absolute Gasteiger partial charge is 0.410 e. The van der Waals surface area contributed by atoms with E-state index >= 15 is 0 Å². The van der Waals surface area contributed by atoms with Crippen molar-refractivity contribution in [2.75, 3.05) is 33.3 Å². The second kappa shape index (κ2) is 7.55. The molecule has 1 aromatic carbocycles. The van der Waals surface area contributed by atoms with Crippen LogP contribution in [0.2, 0.25) is 0 Å². The Kier molecular flexibility index (Phi) is 5.71. The van der Waals surface area contributed by atoms with E-state index in [9.17, 15) is 9.90 Å². The summed E-state index contributed by atoms with van der Waals surface area (Å²) >= 11 is 0. The molecule has 1 aliphatic heterocycles. The van der Waals surface area contributed by atoms with Crippen LogP contribution in [-0.2, 0) is 4.74 Å². The molecule has 1 N–H and O–H groups in total. The van der Waals surface area contributed by atoms with E-state index in [1.54, 1.807) is 17.0 Å². The molecular formula is C17H26N2O4. The van der Waals surface area contributed by atoms with Crippen LogP contribution >= 0.6 is 0 Å². The van der Waals surface area contributed by atoms with E-state index in [1.165, 1.54) is 0 Å². The van der Waals surface area contributed by atoms with Gasteiger partial charge in [-0.15, -0.1) is 0 Å². The number of hydrogen-bond donors (Lipinski definition) is 1. The maximum Gasteiger partial charge on any atom is 0.410 e. The van der Waals surface area contributed by atoms with E-state index in [0.29, 0.717) is 24.5 Å². The zero-order valence-corrected chi connectivity index (χ0v) is 14.3. The van der Waals surface area contributed by atoms with Gasteiger partial charge in [0.25, 0.3) is 0 Å². The van der Waals surface area contributed by atoms with Gasteiger partial charge in [-0.25, -0.2) is 4.79 Å². The first-order chi connectivity index (χ1) is 10.9. The molecule has 1 atom stereocenters. The average molecular weight is 322 g/mol. The number of aromatic hydroxyl groups is 1. The first-order valence-corrected chi connectivity index (χ1v) is 7.95. The number of likely N-dealkylation sites (N-methyl/N-ethyl adjacent to an activating group) is 1. The first-order valence-electron chi connectivity index (χ1n) is 7.95. The Bertz CT molecular complexity index is 547. The van der Waals surface area contributed by atoms with E-state index < -0.39 is 0 Å². The van der Waals surface area contributed by atoms with Gasteiger partial charge in [0.1, 0.15) is 18.1 Å². The highest BCUT2D eigenvalue weighted by molar-refractivity contribution is 5.68. The number of amides is 1. The summed E-state index contributed by atoms with van der Waals surface area (Å²) in [6, 6.07) is 5.11. The van der Waals surface area contributed by atoms with Crippen molar-refractivity contribution in [3.05, 3.63) is 23.8 Å². The fraction of sp³-hybridized carbons (Fsp3) is 0.588. The minimum absolute atomic E-state index is 0.0817. The van der Waals surface area contributed by atoms with Crippen LogP contribution in [0.1, 0.15) is 19.4 Å². The third-order valence-electron chi connectivity index (χ3n) is 3.94. The quantitative estimate of drug-likeness (QED) is 0.921. The van der Waals surface area contributed by atoms with Gasteiger partial charge in [0.2, 0.25) is 0 Å². The SMILES string of the molecule is Cc1c(O)cccc1OCC1CN(C)CCN1C(=O)OC(C)C. The Hall–Kier alpha value is -1.95. The number of carbonyl (C=O) groups excluding carboxylic acids is 1. The zero-order chi connectivity index (χ0) is 17.0. The Balaban J connectivity index is 2.04. The minimum Gasteiger partial charge on any atom is -0.508 e. The van der Waals surface area contributed by atoms with Gasteiger partial charge in [-0.2, -0.15) is 0 Å². The molecule has 6 heteroatoms. The maximum absolute atomic E-state index is 12.2. The van der Waals surface area contributed by atoms with Crippen molar-refractivity contribution in [2.45, 2.75) is 32.9 Å². The van der Waals surface area contributed by atoms with Crippen LogP contribution in [0, 0.1) is 6.92 Å². The molecule has 1 fully saturated rings. The molecule has 2 rings (SSSR count). The van der Waals surface area contributed by atoms with Crippen LogP contribution < -0.4 is 4.74 Å². The second-order valence-corrected chi connectivity index (χ2v) is 6.25. The van der Waals surface area contributed by atoms with E-state index in [-0.39, 0.29) is 24.0 Å². The summed E-state index contributed by atoms with van der Waals surface area (Å²) in [4.78, 5) is 16.2. The molecule has 1 aromatic rings. The molecule has 23 heavy (non-hydrogen) atoms. The molecular weight excluding hydrogens is 296 g/mol. The number of hydrogen-bond acceptors (Lipinski definition) is 5. The van der Waals surface area contributed by atoms with Gasteiger partial charge < -0.3 is 19.5 Å². The topological polar surface area (TPSA) is 62.2 Å². The van der Waals surface area contributed by atoms with Crippen LogP contribution in [-0.4, -0.2) is 66.4 Å². The molecule has 0 bridgehead atoms. The zero-order valence-electron chi connectivity index (χ0n) is 14.3. The van der Waals surface area contributed by atoms with Gasteiger partial charge in [0.05, 0.1) is 12.1 Å². The highest BCUT2D eigenvalue weighted by Gasteiger charge is 2.31. The lowest BCUT2D eigenvalue weighted by Gasteiger charge is -2.39. The summed E-state index contributed by atoms with van der Waals surface area (Å²) in [5.41, 5.74) is 0.702. The number of phenolic OH excluding ortho intramolecular Hbond substituents is 1. The fourth-order valence-electron chi connectivity index (χ4n) is 2.61. The minimum atomic E-state index is -0.297. The molecule has 1 unspecified atom stereocenters. The molecule has 6 nitrogen and oxygen atoms in total. The Labute approximate surface area is 137 Å². The summed E-state index contributed by atoms with van der Waals surface area (Å²) < 4.78 is 11.2. The monoisotopic (exact) mass is 322 g/mol. The standard InChI is InChI=1S/C17H26N2O4/c1-12(2)23-17(21)19-9-8-18(4)10-14(19)11-22-16-7-5-6-15(20)13(16)3/h5-7,12,14,20H,8-11H2,1-4H3. The van der Waals surface area contributed by atoms with E-state index in [1.807, 2.05) is 33.9 Å². The van der Waals surface area contributed by atoms with Crippen molar-refractivity contribution < 1.29 is 19.4 Å². The number of phenols is 1. The Morgan fingerprint density at radius 1 is 1.39 bits per heavy atom. The highest BCUT2D eigenvalue weighted by Crippen LogP contribution is 2.26. The molecule has 1 heterocycles. The van der Waals surface area contributed by atoms with Gasteiger partial charge in [-0.3, -0.25) is 4.90 Å². The van der Waals surface area contributed by atoms with Gasteiger partial charge in [-0.1, -0.05) is 6.07 Å². The molecule has 1 amide bonds. The largest absolute Gasteiger partial charge is 0.508 e. The number of benzene rings is 1. The van der Waals surface area contributed by atoms with Gasteiger partial charge in [0.15, 0.2) is 0 Å². The van der Waals surface area contributed by atoms with Crippen LogP contribution in [0.25, 0.3) is 0 Å². The van der Waals surface area contributed by atoms with Gasteiger partial charge in [-0.05, 0) is 40.0 Å². The summed E-state index contributed by atoms with van der Waals surface area (Å²) in [6.07, 6.45) is -0.439. The van der Waals surface area contributed by atoms with Crippen LogP contribution in [0.4, 0.5) is 4.79 Å². The van der Waals surface area contributed by atoms with E-state index in [2.05, 4.69) is 4.90 Å². The number of carbonyl (C=O) groups is 1. The molecule has 1 saturated heterocycles. The van der Waals surface area contributed by atoms with Crippen molar-refractivity contribution in [1.29, 1.82) is 0 Å². The number of piperazine rings is 1. The normalized spacial score (nSPS) is 19.0.